The number of aliphatic hydroxyl groups excluding tert-OH is 2. The van der Waals surface area contributed by atoms with Crippen molar-refractivity contribution in [2.45, 2.75) is 37.6 Å². The highest BCUT2D eigenvalue weighted by molar-refractivity contribution is 5.81. The summed E-state index contributed by atoms with van der Waals surface area (Å²) in [6, 6.07) is 0. The Hall–Kier alpha value is -2.83. The molecule has 3 heterocycles. The number of rotatable bonds is 4. The maximum absolute atomic E-state index is 11.6. The average molecular weight is 367 g/mol. The van der Waals surface area contributed by atoms with Crippen molar-refractivity contribution in [2.75, 3.05) is 12.8 Å². The Balaban J connectivity index is 2.01. The highest BCUT2D eigenvalue weighted by Crippen LogP contribution is 2.35. The minimum absolute atomic E-state index is 0.127. The van der Waals surface area contributed by atoms with Crippen LogP contribution in [0.2, 0.25) is 0 Å². The fraction of sp³-hybridized carbons (Fsp3) is 0.500. The highest BCUT2D eigenvalue weighted by atomic mass is 16.6. The molecule has 0 spiro atoms. The first-order valence-corrected chi connectivity index (χ1v) is 7.54. The first-order chi connectivity index (χ1) is 12.3. The van der Waals surface area contributed by atoms with Gasteiger partial charge in [-0.15, -0.1) is 0 Å². The molecule has 12 heteroatoms. The van der Waals surface area contributed by atoms with E-state index >= 15 is 0 Å². The number of hydrogen-bond donors (Lipinski definition) is 3. The molecular weight excluding hydrogens is 350 g/mol. The minimum atomic E-state index is -1.78. The van der Waals surface area contributed by atoms with Crippen LogP contribution in [-0.4, -0.2) is 73.2 Å². The van der Waals surface area contributed by atoms with Gasteiger partial charge in [-0.25, -0.2) is 19.7 Å². The van der Waals surface area contributed by atoms with E-state index in [1.807, 2.05) is 0 Å². The lowest BCUT2D eigenvalue weighted by molar-refractivity contribution is -0.163. The van der Waals surface area contributed by atoms with Crippen molar-refractivity contribution in [3.8, 4) is 0 Å². The molecule has 0 aliphatic carbocycles. The Morgan fingerprint density at radius 1 is 1.38 bits per heavy atom. The lowest BCUT2D eigenvalue weighted by Crippen LogP contribution is -2.44. The number of ether oxygens (including phenoxy) is 3. The van der Waals surface area contributed by atoms with Gasteiger partial charge in [0.2, 0.25) is 0 Å². The third kappa shape index (κ3) is 2.94. The molecule has 0 aromatic carbocycles. The number of nitrogen functional groups attached to an aromatic ring is 1. The fourth-order valence-electron chi connectivity index (χ4n) is 2.79. The van der Waals surface area contributed by atoms with Crippen LogP contribution in [0.15, 0.2) is 12.7 Å². The summed E-state index contributed by atoms with van der Waals surface area (Å²) in [5, 5.41) is 20.5. The second-order valence-corrected chi connectivity index (χ2v) is 5.61. The van der Waals surface area contributed by atoms with Gasteiger partial charge < -0.3 is 30.2 Å². The smallest absolute Gasteiger partial charge is 0.337 e. The molecule has 1 saturated heterocycles. The van der Waals surface area contributed by atoms with E-state index in [0.717, 1.165) is 14.0 Å². The quantitative estimate of drug-likeness (QED) is 0.517. The monoisotopic (exact) mass is 367 g/mol. The molecule has 4 N–H and O–H groups in total. The Bertz CT molecular complexity index is 840. The van der Waals surface area contributed by atoms with Crippen LogP contribution in [0.1, 0.15) is 13.2 Å². The van der Waals surface area contributed by atoms with Crippen molar-refractivity contribution >= 4 is 28.9 Å². The van der Waals surface area contributed by atoms with Gasteiger partial charge in [0, 0.05) is 6.92 Å². The first-order valence-electron chi connectivity index (χ1n) is 7.54. The highest BCUT2D eigenvalue weighted by Gasteiger charge is 2.52. The number of nitrogens with zero attached hydrogens (tertiary/aromatic N) is 4. The summed E-state index contributed by atoms with van der Waals surface area (Å²) in [5.41, 5.74) is 6.29. The molecule has 5 atom stereocenters. The van der Waals surface area contributed by atoms with Gasteiger partial charge in [-0.05, 0) is 0 Å². The minimum Gasteiger partial charge on any atom is -0.467 e. The van der Waals surface area contributed by atoms with Crippen LogP contribution in [0.5, 0.6) is 0 Å². The van der Waals surface area contributed by atoms with Crippen molar-refractivity contribution in [3.63, 3.8) is 0 Å². The summed E-state index contributed by atoms with van der Waals surface area (Å²) in [6.07, 6.45) is -4.50. The second kappa shape index (κ2) is 6.82. The summed E-state index contributed by atoms with van der Waals surface area (Å²) in [4.78, 5) is 35.0. The van der Waals surface area contributed by atoms with Gasteiger partial charge >= 0.3 is 11.9 Å². The normalized spacial score (nSPS) is 26.6. The number of carbonyl (C=O) groups excluding carboxylic acids is 2. The molecular formula is C14H17N5O7. The molecule has 2 aromatic rings. The maximum Gasteiger partial charge on any atom is 0.337 e. The standard InChI is InChI=1S/C14H17N5O7/c1-5(20)25-10-7(21)9(8(22)14(23)24-2)26-13(10)19-4-18-6-11(15)16-3-17-12(6)19/h3-4,7-10,13,21-22H,1-2H3,(H2,15,16,17)/t7-,8?,9+,10-,13-/m1/s1. The number of hydrogen-bond acceptors (Lipinski definition) is 11. The van der Waals surface area contributed by atoms with Crippen molar-refractivity contribution in [2.24, 2.45) is 0 Å². The van der Waals surface area contributed by atoms with Crippen LogP contribution in [0.4, 0.5) is 5.82 Å². The molecule has 3 rings (SSSR count). The SMILES string of the molecule is COC(=O)C(O)[C@H]1O[C@@H](n2cnc3c(N)ncnc32)[C@H](OC(C)=O)[C@@H]1O. The third-order valence-corrected chi connectivity index (χ3v) is 3.97. The van der Waals surface area contributed by atoms with Crippen LogP contribution in [0.3, 0.4) is 0 Å². The average Bonchev–Trinajstić information content (AvgIpc) is 3.16. The second-order valence-electron chi connectivity index (χ2n) is 5.61. The molecule has 2 aromatic heterocycles. The predicted octanol–water partition coefficient (Wildman–Crippen LogP) is -1.87. The Morgan fingerprint density at radius 3 is 2.77 bits per heavy atom. The number of nitrogens with two attached hydrogens (primary N) is 1. The fourth-order valence-corrected chi connectivity index (χ4v) is 2.79. The van der Waals surface area contributed by atoms with Crippen molar-refractivity contribution in [1.82, 2.24) is 19.5 Å². The van der Waals surface area contributed by atoms with Gasteiger partial charge in [0.15, 0.2) is 29.9 Å². The van der Waals surface area contributed by atoms with Crippen LogP contribution in [0, 0.1) is 0 Å². The Morgan fingerprint density at radius 2 is 2.12 bits per heavy atom. The number of esters is 2. The molecule has 0 radical (unpaired) electrons. The van der Waals surface area contributed by atoms with E-state index in [9.17, 15) is 19.8 Å². The summed E-state index contributed by atoms with van der Waals surface area (Å²) in [5.74, 6) is -1.56. The Kier molecular flexibility index (Phi) is 4.71. The van der Waals surface area contributed by atoms with E-state index in [2.05, 4.69) is 19.7 Å². The van der Waals surface area contributed by atoms with Gasteiger partial charge in [-0.3, -0.25) is 9.36 Å². The number of aromatic nitrogens is 4. The lowest BCUT2D eigenvalue weighted by Gasteiger charge is -2.21. The number of carbonyl (C=O) groups is 2. The molecule has 12 nitrogen and oxygen atoms in total. The van der Waals surface area contributed by atoms with E-state index in [4.69, 9.17) is 15.2 Å². The van der Waals surface area contributed by atoms with E-state index in [1.54, 1.807) is 0 Å². The van der Waals surface area contributed by atoms with Crippen LogP contribution >= 0.6 is 0 Å². The third-order valence-electron chi connectivity index (χ3n) is 3.97. The van der Waals surface area contributed by atoms with Crippen molar-refractivity contribution in [3.05, 3.63) is 12.7 Å². The summed E-state index contributed by atoms with van der Waals surface area (Å²) < 4.78 is 16.6. The first kappa shape index (κ1) is 18.0. The molecule has 1 aliphatic rings. The van der Waals surface area contributed by atoms with Gasteiger partial charge in [-0.2, -0.15) is 0 Å². The zero-order chi connectivity index (χ0) is 19.0. The summed E-state index contributed by atoms with van der Waals surface area (Å²) in [6.45, 7) is 1.15. The summed E-state index contributed by atoms with van der Waals surface area (Å²) in [7, 11) is 1.08. The van der Waals surface area contributed by atoms with E-state index in [-0.39, 0.29) is 17.0 Å². The number of anilines is 1. The number of imidazole rings is 1. The number of methoxy groups -OCH3 is 1. The van der Waals surface area contributed by atoms with Crippen LogP contribution in [0.25, 0.3) is 11.2 Å². The molecule has 26 heavy (non-hydrogen) atoms. The van der Waals surface area contributed by atoms with Crippen molar-refractivity contribution < 1.29 is 34.0 Å². The van der Waals surface area contributed by atoms with E-state index in [0.29, 0.717) is 0 Å². The molecule has 0 saturated carbocycles. The van der Waals surface area contributed by atoms with Gasteiger partial charge in [0.25, 0.3) is 0 Å². The zero-order valence-electron chi connectivity index (χ0n) is 13.8. The van der Waals surface area contributed by atoms with Gasteiger partial charge in [0.1, 0.15) is 24.1 Å². The van der Waals surface area contributed by atoms with E-state index < -0.39 is 42.6 Å². The summed E-state index contributed by atoms with van der Waals surface area (Å²) >= 11 is 0. The molecule has 1 aliphatic heterocycles. The number of fused-ring (bicyclic) bond motifs is 1. The zero-order valence-corrected chi connectivity index (χ0v) is 13.8. The topological polar surface area (TPSA) is 172 Å². The van der Waals surface area contributed by atoms with Gasteiger partial charge in [0.05, 0.1) is 13.4 Å². The maximum atomic E-state index is 11.6. The molecule has 0 amide bonds. The molecule has 140 valence electrons. The Labute approximate surface area is 146 Å². The lowest BCUT2D eigenvalue weighted by atomic mass is 10.1. The largest absolute Gasteiger partial charge is 0.467 e. The molecule has 1 unspecified atom stereocenters. The van der Waals surface area contributed by atoms with E-state index in [1.165, 1.54) is 17.2 Å². The van der Waals surface area contributed by atoms with Gasteiger partial charge in [-0.1, -0.05) is 0 Å². The number of aliphatic hydroxyl groups is 2. The molecule has 1 fully saturated rings. The van der Waals surface area contributed by atoms with Crippen molar-refractivity contribution in [1.29, 1.82) is 0 Å². The molecule has 0 bridgehead atoms. The van der Waals surface area contributed by atoms with Crippen LogP contribution in [-0.2, 0) is 23.8 Å². The predicted molar refractivity (Wildman–Crippen MR) is 83.2 cm³/mol. The van der Waals surface area contributed by atoms with Crippen LogP contribution < -0.4 is 5.73 Å².